The predicted molar refractivity (Wildman–Crippen MR) is 306 cm³/mol. The van der Waals surface area contributed by atoms with E-state index in [2.05, 4.69) is 12.1 Å². The van der Waals surface area contributed by atoms with Gasteiger partial charge in [-0.05, 0) is 94.3 Å². The first kappa shape index (κ1) is 64.5. The first-order chi connectivity index (χ1) is 34.7. The summed E-state index contributed by atoms with van der Waals surface area (Å²) in [4.78, 5) is 56.5. The number of nitrogens with zero attached hydrogens (tertiary/aromatic N) is 2. The van der Waals surface area contributed by atoms with Crippen molar-refractivity contribution < 1.29 is 47.2 Å². The summed E-state index contributed by atoms with van der Waals surface area (Å²) in [5, 5.41) is 2.40. The Morgan fingerprint density at radius 1 is 0.479 bits per heavy atom. The van der Waals surface area contributed by atoms with Gasteiger partial charge in [0.2, 0.25) is 0 Å². The van der Waals surface area contributed by atoms with E-state index in [0.29, 0.717) is 11.5 Å². The second kappa shape index (κ2) is 34.1. The number of halogens is 4. The van der Waals surface area contributed by atoms with Crippen LogP contribution in [0.15, 0.2) is 133 Å². The molecule has 0 aliphatic carbocycles. The molecule has 2 aliphatic heterocycles. The van der Waals surface area contributed by atoms with E-state index < -0.39 is 34.6 Å². The minimum atomic E-state index is -2.68. The van der Waals surface area contributed by atoms with E-state index in [9.17, 15) is 19.2 Å². The van der Waals surface area contributed by atoms with Gasteiger partial charge in [-0.15, -0.1) is 46.4 Å². The van der Waals surface area contributed by atoms with Gasteiger partial charge >= 0.3 is 23.9 Å². The third-order valence-corrected chi connectivity index (χ3v) is 16.7. The van der Waals surface area contributed by atoms with Gasteiger partial charge in [-0.3, -0.25) is 29.0 Å². The fraction of sp³-hybridized carbons (Fsp3) is 0.240. The molecular formula is C50H48Cl4N2O10P2S4Sn. The Morgan fingerprint density at radius 2 is 0.767 bits per heavy atom. The molecule has 0 fully saturated rings. The number of imide groups is 2. The van der Waals surface area contributed by atoms with Crippen LogP contribution in [0.1, 0.15) is 41.4 Å². The van der Waals surface area contributed by atoms with Crippen LogP contribution in [0.3, 0.4) is 0 Å². The number of carbonyl (C=O) groups is 4. The monoisotopic (exact) mass is 1290 g/mol. The zero-order valence-corrected chi connectivity index (χ0v) is 50.2. The summed E-state index contributed by atoms with van der Waals surface area (Å²) in [6.07, 6.45) is 0. The molecule has 384 valence electrons. The molecule has 6 aromatic rings. The van der Waals surface area contributed by atoms with Crippen LogP contribution in [0, 0.1) is 12.1 Å². The number of alkyl halides is 4. The van der Waals surface area contributed by atoms with Crippen molar-refractivity contribution in [3.8, 4) is 11.5 Å². The maximum absolute atomic E-state index is 13.6. The van der Waals surface area contributed by atoms with Crippen LogP contribution < -0.4 is 20.1 Å². The maximum atomic E-state index is 13.6. The molecule has 2 atom stereocenters. The zero-order chi connectivity index (χ0) is 52.5. The van der Waals surface area contributed by atoms with Gasteiger partial charge in [0, 0.05) is 33.0 Å². The standard InChI is InChI=1S/C36H36N2O10P2S4.2C6H5.2CH2Cl2.Sn/c1-43-23-3-7-25(8-4-23)49(51,52)47-21-19-45-17-15-37-33(39)27-11-13-29-32-30(14-12-28(31(27)32)34(37)40)36(42)38(35(29)41)16-18-46-20-22-48-50(53,54)26-9-5-24(44-2)6-10-26;2*1-2-4-6-5-3-1;2*2-1-3;/h3-14H,15-22H2,1-2H3,(H,51,52)(H,53,54);2*1-5H;2*1H2;/q;2*-1;;;+4/p-2. The van der Waals surface area contributed by atoms with Crippen LogP contribution in [-0.4, -0.2) is 135 Å². The van der Waals surface area contributed by atoms with E-state index >= 15 is 0 Å². The molecule has 6 aromatic carbocycles. The SMILES string of the molecule is COc1ccc(P(=S)([S-])OCCOCCN2C(=O)c3ccc4c5c(ccc(c35)C2=O)C(=O)N(CCOCCOP(=S)([S-])c2ccc(OC)cc2)C4=O)cc1.ClCCl.ClCCl.[Sn+4].[c-]1ccccc1.[c-]1ccccc1. The second-order valence-corrected chi connectivity index (χ2v) is 26.9. The molecule has 0 N–H and O–H groups in total. The molecule has 8 rings (SSSR count). The van der Waals surface area contributed by atoms with Crippen LogP contribution in [0.25, 0.3) is 10.8 Å². The fourth-order valence-corrected chi connectivity index (χ4v) is 11.0. The number of methoxy groups -OCH3 is 2. The Balaban J connectivity index is 0.000000627. The second-order valence-electron chi connectivity index (χ2n) is 14.2. The Labute approximate surface area is 484 Å². The molecule has 0 bridgehead atoms. The third-order valence-electron chi connectivity index (χ3n) is 9.95. The van der Waals surface area contributed by atoms with Crippen molar-refractivity contribution in [2.24, 2.45) is 0 Å². The van der Waals surface area contributed by atoms with Crippen LogP contribution in [0.4, 0.5) is 0 Å². The smallest absolute Gasteiger partial charge is 0.715 e. The van der Waals surface area contributed by atoms with Gasteiger partial charge in [0.15, 0.2) is 0 Å². The van der Waals surface area contributed by atoms with E-state index in [0.717, 1.165) is 20.4 Å². The van der Waals surface area contributed by atoms with Crippen LogP contribution in [-0.2, 0) is 66.6 Å². The van der Waals surface area contributed by atoms with E-state index in [4.69, 9.17) is 123 Å². The van der Waals surface area contributed by atoms with Gasteiger partial charge in [-0.25, -0.2) is 0 Å². The third kappa shape index (κ3) is 19.3. The Hall–Kier alpha value is -2.74. The van der Waals surface area contributed by atoms with Crippen molar-refractivity contribution in [3.05, 3.63) is 168 Å². The van der Waals surface area contributed by atoms with Gasteiger partial charge in [0.25, 0.3) is 23.6 Å². The molecule has 2 heterocycles. The van der Waals surface area contributed by atoms with Gasteiger partial charge in [0.1, 0.15) is 11.5 Å². The quantitative estimate of drug-likeness (QED) is 0.0154. The Morgan fingerprint density at radius 3 is 1.00 bits per heavy atom. The van der Waals surface area contributed by atoms with Gasteiger partial charge in [0.05, 0.1) is 77.6 Å². The fourth-order valence-electron chi connectivity index (χ4n) is 6.69. The number of hydrogen-bond acceptors (Lipinski definition) is 14. The van der Waals surface area contributed by atoms with Crippen molar-refractivity contribution in [2.45, 2.75) is 0 Å². The van der Waals surface area contributed by atoms with Gasteiger partial charge < -0.3 is 52.5 Å². The molecule has 4 amide bonds. The average molecular weight is 1290 g/mol. The van der Waals surface area contributed by atoms with E-state index in [1.54, 1.807) is 62.8 Å². The number of benzene rings is 6. The van der Waals surface area contributed by atoms with Gasteiger partial charge in [-0.2, -0.15) is 72.8 Å². The molecule has 12 nitrogen and oxygen atoms in total. The topological polar surface area (TPSA) is 130 Å². The number of carbonyl (C=O) groups excluding carboxylic acids is 4. The summed E-state index contributed by atoms with van der Waals surface area (Å²) in [5.74, 6) is -0.833. The van der Waals surface area contributed by atoms with E-state index in [1.165, 1.54) is 24.3 Å². The average Bonchev–Trinajstić information content (AvgIpc) is 3.40. The number of amides is 4. The predicted octanol–water partition coefficient (Wildman–Crippen LogP) is 9.91. The summed E-state index contributed by atoms with van der Waals surface area (Å²) in [7, 11) is 3.14. The van der Waals surface area contributed by atoms with Crippen molar-refractivity contribution in [2.75, 3.05) is 77.6 Å². The molecule has 2 aliphatic rings. The molecule has 0 saturated carbocycles. The minimum Gasteiger partial charge on any atom is -0.715 e. The molecule has 0 aromatic heterocycles. The number of rotatable bonds is 18. The Kier molecular flexibility index (Phi) is 30.2. The van der Waals surface area contributed by atoms with Gasteiger partial charge in [-0.1, -0.05) is 23.6 Å². The van der Waals surface area contributed by atoms with Crippen LogP contribution >= 0.6 is 57.3 Å². The molecule has 23 heteroatoms. The summed E-state index contributed by atoms with van der Waals surface area (Å²) >= 11 is 41.2. The summed E-state index contributed by atoms with van der Waals surface area (Å²) in [6.45, 7) is 0.613. The van der Waals surface area contributed by atoms with Crippen molar-refractivity contribution in [1.82, 2.24) is 9.80 Å². The molecule has 0 spiro atoms. The largest absolute Gasteiger partial charge is 4.00 e. The zero-order valence-electron chi connectivity index (χ0n) is 39.3. The van der Waals surface area contributed by atoms with Crippen molar-refractivity contribution in [1.29, 1.82) is 0 Å². The van der Waals surface area contributed by atoms with E-state index in [1.807, 2.05) is 60.7 Å². The van der Waals surface area contributed by atoms with E-state index in [-0.39, 0.29) is 120 Å². The maximum Gasteiger partial charge on any atom is 4.00 e. The molecule has 0 saturated heterocycles. The Bertz CT molecular complexity index is 2470. The number of hydrogen-bond donors (Lipinski definition) is 0. The molecule has 0 radical (unpaired) electrons. The first-order valence-electron chi connectivity index (χ1n) is 21.4. The molecule has 2 unspecified atom stereocenters. The summed E-state index contributed by atoms with van der Waals surface area (Å²) < 4.78 is 33.3. The van der Waals surface area contributed by atoms with Crippen molar-refractivity contribution >= 4 is 174 Å². The summed E-state index contributed by atoms with van der Waals surface area (Å²) in [5.41, 5.74) is -4.50. The normalized spacial score (nSPS) is 13.7. The summed E-state index contributed by atoms with van der Waals surface area (Å²) in [6, 6.07) is 45.3. The van der Waals surface area contributed by atoms with Crippen LogP contribution in [0.5, 0.6) is 11.5 Å². The molecular weight excluding hydrogens is 1240 g/mol. The van der Waals surface area contributed by atoms with Crippen molar-refractivity contribution in [3.63, 3.8) is 0 Å². The van der Waals surface area contributed by atoms with Crippen LogP contribution in [0.2, 0.25) is 0 Å². The first-order valence-corrected chi connectivity index (χ1v) is 31.1. The number of ether oxygens (including phenoxy) is 4. The minimum absolute atomic E-state index is 0. The molecule has 73 heavy (non-hydrogen) atoms.